The largest absolute Gasteiger partial charge is 0.496 e. The number of benzene rings is 1. The molecule has 1 heterocycles. The van der Waals surface area contributed by atoms with Crippen molar-refractivity contribution in [2.75, 3.05) is 7.11 Å². The topological polar surface area (TPSA) is 22.1 Å². The van der Waals surface area contributed by atoms with Crippen molar-refractivity contribution in [1.82, 2.24) is 4.98 Å². The molecule has 0 aliphatic rings. The highest BCUT2D eigenvalue weighted by atomic mass is 16.5. The van der Waals surface area contributed by atoms with Gasteiger partial charge in [0.1, 0.15) is 5.75 Å². The molecule has 0 saturated heterocycles. The maximum absolute atomic E-state index is 5.32. The molecule has 0 aliphatic carbocycles. The average Bonchev–Trinajstić information content (AvgIpc) is 2.33. The first-order valence-corrected chi connectivity index (χ1v) is 5.33. The van der Waals surface area contributed by atoms with Crippen molar-refractivity contribution >= 4 is 0 Å². The normalized spacial score (nSPS) is 10.1. The van der Waals surface area contributed by atoms with Crippen LogP contribution in [0.2, 0.25) is 0 Å². The van der Waals surface area contributed by atoms with Gasteiger partial charge in [0.15, 0.2) is 0 Å². The molecule has 2 heteroatoms. The van der Waals surface area contributed by atoms with Crippen molar-refractivity contribution < 1.29 is 4.74 Å². The van der Waals surface area contributed by atoms with Crippen LogP contribution in [0.4, 0.5) is 0 Å². The summed E-state index contributed by atoms with van der Waals surface area (Å²) in [5.74, 6) is 0.933. The highest BCUT2D eigenvalue weighted by Crippen LogP contribution is 2.20. The number of aromatic nitrogens is 1. The summed E-state index contributed by atoms with van der Waals surface area (Å²) in [6.07, 6.45) is 2.78. The minimum absolute atomic E-state index is 0.858. The number of hydrogen-bond acceptors (Lipinski definition) is 2. The first-order chi connectivity index (χ1) is 7.79. The summed E-state index contributed by atoms with van der Waals surface area (Å²) >= 11 is 0. The number of hydrogen-bond donors (Lipinski definition) is 0. The van der Waals surface area contributed by atoms with E-state index in [1.165, 1.54) is 11.1 Å². The molecule has 1 aromatic heterocycles. The van der Waals surface area contributed by atoms with E-state index in [2.05, 4.69) is 17.1 Å². The quantitative estimate of drug-likeness (QED) is 0.782. The standard InChI is InChI=1S/C14H15NO/c1-11-7-8-12(10-15-11)9-13-5-3-4-6-14(13)16-2/h3-8,10H,9H2,1-2H3. The van der Waals surface area contributed by atoms with Gasteiger partial charge in [0.05, 0.1) is 7.11 Å². The zero-order valence-electron chi connectivity index (χ0n) is 9.60. The number of rotatable bonds is 3. The van der Waals surface area contributed by atoms with Crippen molar-refractivity contribution in [3.05, 3.63) is 59.4 Å². The first-order valence-electron chi connectivity index (χ1n) is 5.33. The van der Waals surface area contributed by atoms with Gasteiger partial charge in [-0.2, -0.15) is 0 Å². The lowest BCUT2D eigenvalue weighted by Gasteiger charge is -2.07. The molecule has 0 bridgehead atoms. The molecular weight excluding hydrogens is 198 g/mol. The lowest BCUT2D eigenvalue weighted by atomic mass is 10.1. The lowest BCUT2D eigenvalue weighted by Crippen LogP contribution is -1.94. The second-order valence-corrected chi connectivity index (χ2v) is 3.80. The molecule has 1 aromatic carbocycles. The predicted octanol–water partition coefficient (Wildman–Crippen LogP) is 2.99. The summed E-state index contributed by atoms with van der Waals surface area (Å²) in [4.78, 5) is 4.29. The maximum atomic E-state index is 5.32. The Hall–Kier alpha value is -1.83. The summed E-state index contributed by atoms with van der Waals surface area (Å²) in [7, 11) is 1.70. The molecule has 0 spiro atoms. The van der Waals surface area contributed by atoms with Crippen LogP contribution in [0.15, 0.2) is 42.6 Å². The number of methoxy groups -OCH3 is 1. The third kappa shape index (κ3) is 2.40. The van der Waals surface area contributed by atoms with Gasteiger partial charge in [0, 0.05) is 18.3 Å². The van der Waals surface area contributed by atoms with Crippen LogP contribution in [-0.4, -0.2) is 12.1 Å². The summed E-state index contributed by atoms with van der Waals surface area (Å²) in [6.45, 7) is 1.99. The van der Waals surface area contributed by atoms with E-state index < -0.39 is 0 Å². The zero-order chi connectivity index (χ0) is 11.4. The second kappa shape index (κ2) is 4.79. The zero-order valence-corrected chi connectivity index (χ0v) is 9.60. The highest BCUT2D eigenvalue weighted by Gasteiger charge is 2.02. The fraction of sp³-hybridized carbons (Fsp3) is 0.214. The average molecular weight is 213 g/mol. The smallest absolute Gasteiger partial charge is 0.122 e. The molecule has 0 radical (unpaired) electrons. The van der Waals surface area contributed by atoms with Crippen molar-refractivity contribution in [2.24, 2.45) is 0 Å². The van der Waals surface area contributed by atoms with E-state index in [0.717, 1.165) is 17.9 Å². The van der Waals surface area contributed by atoms with E-state index >= 15 is 0 Å². The molecule has 0 amide bonds. The number of ether oxygens (including phenoxy) is 1. The monoisotopic (exact) mass is 213 g/mol. The fourth-order valence-corrected chi connectivity index (χ4v) is 1.67. The summed E-state index contributed by atoms with van der Waals surface area (Å²) in [5, 5.41) is 0. The highest BCUT2D eigenvalue weighted by molar-refractivity contribution is 5.37. The molecule has 0 fully saturated rings. The Kier molecular flexibility index (Phi) is 3.20. The van der Waals surface area contributed by atoms with E-state index in [1.807, 2.05) is 37.4 Å². The Labute approximate surface area is 95.9 Å². The summed E-state index contributed by atoms with van der Waals surface area (Å²) in [6, 6.07) is 12.2. The molecule has 0 unspecified atom stereocenters. The maximum Gasteiger partial charge on any atom is 0.122 e. The van der Waals surface area contributed by atoms with Crippen LogP contribution in [0, 0.1) is 6.92 Å². The van der Waals surface area contributed by atoms with Gasteiger partial charge in [0.25, 0.3) is 0 Å². The first kappa shape index (κ1) is 10.7. The van der Waals surface area contributed by atoms with Crippen molar-refractivity contribution in [2.45, 2.75) is 13.3 Å². The van der Waals surface area contributed by atoms with Crippen molar-refractivity contribution in [1.29, 1.82) is 0 Å². The van der Waals surface area contributed by atoms with Gasteiger partial charge < -0.3 is 4.74 Å². The number of para-hydroxylation sites is 1. The third-order valence-electron chi connectivity index (χ3n) is 2.56. The number of pyridine rings is 1. The minimum Gasteiger partial charge on any atom is -0.496 e. The molecule has 2 rings (SSSR count). The fourth-order valence-electron chi connectivity index (χ4n) is 1.67. The van der Waals surface area contributed by atoms with Gasteiger partial charge in [-0.15, -0.1) is 0 Å². The van der Waals surface area contributed by atoms with Crippen LogP contribution in [0.3, 0.4) is 0 Å². The van der Waals surface area contributed by atoms with E-state index in [0.29, 0.717) is 0 Å². The van der Waals surface area contributed by atoms with Gasteiger partial charge in [-0.05, 0) is 30.2 Å². The lowest BCUT2D eigenvalue weighted by molar-refractivity contribution is 0.410. The van der Waals surface area contributed by atoms with Gasteiger partial charge in [0.2, 0.25) is 0 Å². The van der Waals surface area contributed by atoms with Gasteiger partial charge in [-0.3, -0.25) is 4.98 Å². The Bertz CT molecular complexity index is 462. The van der Waals surface area contributed by atoms with Crippen LogP contribution in [-0.2, 0) is 6.42 Å². The number of nitrogens with zero attached hydrogens (tertiary/aromatic N) is 1. The molecule has 0 aliphatic heterocycles. The third-order valence-corrected chi connectivity index (χ3v) is 2.56. The Balaban J connectivity index is 2.23. The Morgan fingerprint density at radius 2 is 1.94 bits per heavy atom. The summed E-state index contributed by atoms with van der Waals surface area (Å²) < 4.78 is 5.32. The van der Waals surface area contributed by atoms with E-state index in [4.69, 9.17) is 4.74 Å². The minimum atomic E-state index is 0.858. The molecule has 2 aromatic rings. The van der Waals surface area contributed by atoms with Crippen molar-refractivity contribution in [3.8, 4) is 5.75 Å². The van der Waals surface area contributed by atoms with Gasteiger partial charge >= 0.3 is 0 Å². The Morgan fingerprint density at radius 1 is 1.12 bits per heavy atom. The van der Waals surface area contributed by atoms with Gasteiger partial charge in [-0.1, -0.05) is 24.3 Å². The van der Waals surface area contributed by atoms with E-state index in [9.17, 15) is 0 Å². The second-order valence-electron chi connectivity index (χ2n) is 3.80. The van der Waals surface area contributed by atoms with Crippen LogP contribution < -0.4 is 4.74 Å². The molecule has 82 valence electrons. The van der Waals surface area contributed by atoms with Crippen LogP contribution >= 0.6 is 0 Å². The Morgan fingerprint density at radius 3 is 2.62 bits per heavy atom. The molecule has 2 nitrogen and oxygen atoms in total. The van der Waals surface area contributed by atoms with E-state index in [-0.39, 0.29) is 0 Å². The van der Waals surface area contributed by atoms with E-state index in [1.54, 1.807) is 7.11 Å². The summed E-state index contributed by atoms with van der Waals surface area (Å²) in [5.41, 5.74) is 3.44. The molecule has 0 saturated carbocycles. The van der Waals surface area contributed by atoms with Crippen LogP contribution in [0.1, 0.15) is 16.8 Å². The molecule has 0 atom stereocenters. The van der Waals surface area contributed by atoms with Gasteiger partial charge in [-0.25, -0.2) is 0 Å². The molecule has 0 N–H and O–H groups in total. The van der Waals surface area contributed by atoms with Crippen LogP contribution in [0.5, 0.6) is 5.75 Å². The molecular formula is C14H15NO. The number of aryl methyl sites for hydroxylation is 1. The SMILES string of the molecule is COc1ccccc1Cc1ccc(C)nc1. The predicted molar refractivity (Wildman–Crippen MR) is 64.8 cm³/mol. The van der Waals surface area contributed by atoms with Crippen LogP contribution in [0.25, 0.3) is 0 Å². The molecule has 16 heavy (non-hydrogen) atoms. The van der Waals surface area contributed by atoms with Crippen molar-refractivity contribution in [3.63, 3.8) is 0 Å².